The Balaban J connectivity index is 1.77. The van der Waals surface area contributed by atoms with E-state index in [1.165, 1.54) is 25.7 Å². The fourth-order valence-corrected chi connectivity index (χ4v) is 2.49. The molecule has 19 heavy (non-hydrogen) atoms. The van der Waals surface area contributed by atoms with Crippen molar-refractivity contribution >= 4 is 5.69 Å². The van der Waals surface area contributed by atoms with Gasteiger partial charge in [-0.05, 0) is 55.9 Å². The molecule has 1 unspecified atom stereocenters. The minimum absolute atomic E-state index is 0.431. The van der Waals surface area contributed by atoms with E-state index >= 15 is 0 Å². The van der Waals surface area contributed by atoms with E-state index in [0.717, 1.165) is 24.6 Å². The molecule has 0 radical (unpaired) electrons. The van der Waals surface area contributed by atoms with E-state index in [-0.39, 0.29) is 0 Å². The van der Waals surface area contributed by atoms with Gasteiger partial charge in [-0.3, -0.25) is 0 Å². The van der Waals surface area contributed by atoms with E-state index in [9.17, 15) is 0 Å². The second-order valence-corrected chi connectivity index (χ2v) is 5.49. The molecule has 106 valence electrons. The summed E-state index contributed by atoms with van der Waals surface area (Å²) in [6, 6.07) is 8.29. The van der Waals surface area contributed by atoms with Crippen LogP contribution in [0.1, 0.15) is 32.6 Å². The number of methoxy groups -OCH3 is 1. The quantitative estimate of drug-likeness (QED) is 0.813. The molecule has 1 fully saturated rings. The smallest absolute Gasteiger partial charge is 0.119 e. The van der Waals surface area contributed by atoms with Crippen LogP contribution in [-0.4, -0.2) is 26.4 Å². The molecule has 1 aromatic rings. The van der Waals surface area contributed by atoms with E-state index in [4.69, 9.17) is 9.47 Å². The van der Waals surface area contributed by atoms with Crippen molar-refractivity contribution < 1.29 is 9.47 Å². The molecule has 1 aliphatic rings. The standard InChI is InChI=1S/C16H25NO2/c1-13(12-18-2)11-17-14-7-9-16(10-8-14)19-15-5-3-4-6-15/h7-10,13,15,17H,3-6,11-12H2,1-2H3. The number of nitrogens with one attached hydrogen (secondary N) is 1. The molecule has 3 heteroatoms. The molecule has 0 aromatic heterocycles. The van der Waals surface area contributed by atoms with Crippen LogP contribution in [0.4, 0.5) is 5.69 Å². The molecule has 0 bridgehead atoms. The molecule has 0 saturated heterocycles. The summed E-state index contributed by atoms with van der Waals surface area (Å²) in [5.74, 6) is 1.50. The van der Waals surface area contributed by atoms with Crippen LogP contribution < -0.4 is 10.1 Å². The van der Waals surface area contributed by atoms with Crippen LogP contribution in [0.5, 0.6) is 5.75 Å². The fourth-order valence-electron chi connectivity index (χ4n) is 2.49. The van der Waals surface area contributed by atoms with Crippen molar-refractivity contribution in [1.29, 1.82) is 0 Å². The van der Waals surface area contributed by atoms with Gasteiger partial charge in [-0.1, -0.05) is 6.92 Å². The maximum Gasteiger partial charge on any atom is 0.119 e. The van der Waals surface area contributed by atoms with E-state index in [1.54, 1.807) is 7.11 Å². The zero-order chi connectivity index (χ0) is 13.5. The third kappa shape index (κ3) is 4.75. The van der Waals surface area contributed by atoms with Crippen molar-refractivity contribution in [3.63, 3.8) is 0 Å². The van der Waals surface area contributed by atoms with Gasteiger partial charge in [0.05, 0.1) is 12.7 Å². The van der Waals surface area contributed by atoms with Crippen LogP contribution in [0.2, 0.25) is 0 Å². The summed E-state index contributed by atoms with van der Waals surface area (Å²) in [4.78, 5) is 0. The van der Waals surface area contributed by atoms with Gasteiger partial charge in [0.1, 0.15) is 5.75 Å². The first-order chi connectivity index (χ1) is 9.28. The fraction of sp³-hybridized carbons (Fsp3) is 0.625. The number of anilines is 1. The summed E-state index contributed by atoms with van der Waals surface area (Å²) in [5.41, 5.74) is 1.14. The van der Waals surface area contributed by atoms with E-state index in [1.807, 2.05) is 0 Å². The number of hydrogen-bond acceptors (Lipinski definition) is 3. The van der Waals surface area contributed by atoms with Crippen molar-refractivity contribution in [2.24, 2.45) is 5.92 Å². The number of benzene rings is 1. The van der Waals surface area contributed by atoms with Gasteiger partial charge < -0.3 is 14.8 Å². The van der Waals surface area contributed by atoms with Gasteiger partial charge in [-0.2, -0.15) is 0 Å². The summed E-state index contributed by atoms with van der Waals surface area (Å²) in [5, 5.41) is 3.41. The summed E-state index contributed by atoms with van der Waals surface area (Å²) in [6.45, 7) is 3.89. The first kappa shape index (κ1) is 14.2. The molecule has 2 rings (SSSR count). The van der Waals surface area contributed by atoms with E-state index < -0.39 is 0 Å². The van der Waals surface area contributed by atoms with Gasteiger partial charge in [-0.25, -0.2) is 0 Å². The zero-order valence-electron chi connectivity index (χ0n) is 12.0. The average molecular weight is 263 g/mol. The minimum Gasteiger partial charge on any atom is -0.490 e. The molecule has 1 atom stereocenters. The maximum atomic E-state index is 5.95. The molecule has 3 nitrogen and oxygen atoms in total. The molecular formula is C16H25NO2. The van der Waals surface area contributed by atoms with Gasteiger partial charge in [0.25, 0.3) is 0 Å². The summed E-state index contributed by atoms with van der Waals surface area (Å²) >= 11 is 0. The second-order valence-electron chi connectivity index (χ2n) is 5.49. The third-order valence-electron chi connectivity index (χ3n) is 3.57. The zero-order valence-corrected chi connectivity index (χ0v) is 12.0. The van der Waals surface area contributed by atoms with E-state index in [0.29, 0.717) is 12.0 Å². The van der Waals surface area contributed by atoms with Crippen molar-refractivity contribution in [2.75, 3.05) is 25.6 Å². The van der Waals surface area contributed by atoms with Gasteiger partial charge in [0.15, 0.2) is 0 Å². The number of hydrogen-bond donors (Lipinski definition) is 1. The summed E-state index contributed by atoms with van der Waals surface area (Å²) < 4.78 is 11.1. The largest absolute Gasteiger partial charge is 0.490 e. The van der Waals surface area contributed by atoms with Gasteiger partial charge >= 0.3 is 0 Å². The highest BCUT2D eigenvalue weighted by molar-refractivity contribution is 5.46. The summed E-state index contributed by atoms with van der Waals surface area (Å²) in [6.07, 6.45) is 5.45. The molecule has 1 N–H and O–H groups in total. The highest BCUT2D eigenvalue weighted by atomic mass is 16.5. The number of rotatable bonds is 7. The Morgan fingerprint density at radius 1 is 1.21 bits per heavy atom. The normalized spacial score (nSPS) is 17.4. The van der Waals surface area contributed by atoms with Gasteiger partial charge in [-0.15, -0.1) is 0 Å². The molecule has 0 spiro atoms. The third-order valence-corrected chi connectivity index (χ3v) is 3.57. The highest BCUT2D eigenvalue weighted by Crippen LogP contribution is 2.25. The topological polar surface area (TPSA) is 30.5 Å². The highest BCUT2D eigenvalue weighted by Gasteiger charge is 2.16. The molecular weight excluding hydrogens is 238 g/mol. The molecule has 1 saturated carbocycles. The Morgan fingerprint density at radius 3 is 2.53 bits per heavy atom. The lowest BCUT2D eigenvalue weighted by Crippen LogP contribution is -2.15. The van der Waals surface area contributed by atoms with Crippen molar-refractivity contribution in [2.45, 2.75) is 38.7 Å². The van der Waals surface area contributed by atoms with Crippen LogP contribution in [0.3, 0.4) is 0 Å². The van der Waals surface area contributed by atoms with Gasteiger partial charge in [0, 0.05) is 19.3 Å². The van der Waals surface area contributed by atoms with Crippen LogP contribution in [0.15, 0.2) is 24.3 Å². The Hall–Kier alpha value is -1.22. The minimum atomic E-state index is 0.431. The Kier molecular flexibility index (Phi) is 5.52. The lowest BCUT2D eigenvalue weighted by molar-refractivity contribution is 0.164. The molecule has 0 aliphatic heterocycles. The lowest BCUT2D eigenvalue weighted by Gasteiger charge is -2.15. The first-order valence-corrected chi connectivity index (χ1v) is 7.27. The maximum absolute atomic E-state index is 5.95. The van der Waals surface area contributed by atoms with Crippen molar-refractivity contribution in [3.05, 3.63) is 24.3 Å². The SMILES string of the molecule is COCC(C)CNc1ccc(OC2CCCC2)cc1. The Bertz CT molecular complexity index is 358. The van der Waals surface area contributed by atoms with Crippen LogP contribution >= 0.6 is 0 Å². The van der Waals surface area contributed by atoms with Crippen molar-refractivity contribution in [1.82, 2.24) is 0 Å². The predicted octanol–water partition coefficient (Wildman–Crippen LogP) is 3.70. The summed E-state index contributed by atoms with van der Waals surface area (Å²) in [7, 11) is 1.74. The van der Waals surface area contributed by atoms with Crippen LogP contribution in [0.25, 0.3) is 0 Å². The Labute approximate surface area is 116 Å². The van der Waals surface area contributed by atoms with E-state index in [2.05, 4.69) is 36.5 Å². The second kappa shape index (κ2) is 7.39. The van der Waals surface area contributed by atoms with Crippen LogP contribution in [-0.2, 0) is 4.74 Å². The predicted molar refractivity (Wildman–Crippen MR) is 78.9 cm³/mol. The first-order valence-electron chi connectivity index (χ1n) is 7.27. The molecule has 0 heterocycles. The Morgan fingerprint density at radius 2 is 1.89 bits per heavy atom. The average Bonchev–Trinajstić information content (AvgIpc) is 2.91. The monoisotopic (exact) mass is 263 g/mol. The lowest BCUT2D eigenvalue weighted by atomic mass is 10.2. The molecule has 1 aliphatic carbocycles. The molecule has 1 aromatic carbocycles. The van der Waals surface area contributed by atoms with Gasteiger partial charge in [0.2, 0.25) is 0 Å². The van der Waals surface area contributed by atoms with Crippen LogP contribution in [0, 0.1) is 5.92 Å². The van der Waals surface area contributed by atoms with Crippen molar-refractivity contribution in [3.8, 4) is 5.75 Å². The number of ether oxygens (including phenoxy) is 2. The molecule has 0 amide bonds.